The second kappa shape index (κ2) is 10.1. The molecule has 0 fully saturated rings. The van der Waals surface area contributed by atoms with E-state index in [0.717, 1.165) is 11.3 Å². The summed E-state index contributed by atoms with van der Waals surface area (Å²) in [6.45, 7) is 8.24. The van der Waals surface area contributed by atoms with E-state index in [0.29, 0.717) is 10.4 Å². The van der Waals surface area contributed by atoms with E-state index >= 15 is 0 Å². The molecule has 3 N–H and O–H groups in total. The SMILES string of the molecule is CC(C)c1coc([C@H](NC2=NS(=O)N=C2Nc2ccc(Br)c(C(=O)N(C)C)c2O)C(C)C)c1. The Hall–Kier alpha value is -2.66. The summed E-state index contributed by atoms with van der Waals surface area (Å²) in [6.07, 6.45) is 1.74. The van der Waals surface area contributed by atoms with Crippen molar-refractivity contribution in [2.45, 2.75) is 39.7 Å². The lowest BCUT2D eigenvalue weighted by Gasteiger charge is -2.22. The van der Waals surface area contributed by atoms with Gasteiger partial charge in [0.15, 0.2) is 17.4 Å². The van der Waals surface area contributed by atoms with Crippen molar-refractivity contribution < 1.29 is 18.5 Å². The second-order valence-electron chi connectivity index (χ2n) is 8.56. The van der Waals surface area contributed by atoms with Crippen LogP contribution < -0.4 is 10.6 Å². The van der Waals surface area contributed by atoms with Crippen LogP contribution >= 0.6 is 15.9 Å². The molecule has 1 aliphatic rings. The summed E-state index contributed by atoms with van der Waals surface area (Å²) in [7, 11) is 3.19. The number of anilines is 1. The second-order valence-corrected chi connectivity index (χ2v) is 10.2. The molecule has 3 rings (SSSR count). The molecule has 0 saturated carbocycles. The summed E-state index contributed by atoms with van der Waals surface area (Å²) >= 11 is 1.49. The number of phenolic OH excluding ortho intramolecular Hbond substituents is 1. The number of hydrogen-bond acceptors (Lipinski definition) is 6. The molecule has 1 aromatic carbocycles. The molecule has 178 valence electrons. The predicted octanol–water partition coefficient (Wildman–Crippen LogP) is 4.36. The van der Waals surface area contributed by atoms with Crippen LogP contribution in [0.25, 0.3) is 0 Å². The van der Waals surface area contributed by atoms with Crippen LogP contribution in [0.15, 0.2) is 42.1 Å². The highest BCUT2D eigenvalue weighted by atomic mass is 79.9. The molecule has 9 nitrogen and oxygen atoms in total. The van der Waals surface area contributed by atoms with Crippen LogP contribution in [0.4, 0.5) is 5.69 Å². The summed E-state index contributed by atoms with van der Waals surface area (Å²) in [5, 5.41) is 17.0. The van der Waals surface area contributed by atoms with Crippen molar-refractivity contribution in [2.24, 2.45) is 14.7 Å². The number of aromatic hydroxyl groups is 1. The van der Waals surface area contributed by atoms with Crippen molar-refractivity contribution in [1.29, 1.82) is 0 Å². The summed E-state index contributed by atoms with van der Waals surface area (Å²) in [5.74, 6) is 1.03. The summed E-state index contributed by atoms with van der Waals surface area (Å²) < 4.78 is 26.5. The molecule has 0 aliphatic carbocycles. The molecule has 2 aromatic rings. The monoisotopic (exact) mass is 537 g/mol. The fraction of sp³-hybridized carbons (Fsp3) is 0.409. The minimum absolute atomic E-state index is 0.105. The highest BCUT2D eigenvalue weighted by Crippen LogP contribution is 2.35. The van der Waals surface area contributed by atoms with Crippen molar-refractivity contribution in [3.8, 4) is 5.75 Å². The molecule has 1 aromatic heterocycles. The molecule has 1 aliphatic heterocycles. The standard InChI is InChI=1S/C22H28BrN5O4S/c1-11(2)13-9-16(32-10-13)18(12(3)4)25-21-20(26-33(31)27-21)24-15-8-7-14(23)17(19(15)29)22(30)28(5)6/h7-12,18,29H,1-6H3,(H,24,26)(H,25,27)/t18-,33?/m1/s1. The lowest BCUT2D eigenvalue weighted by atomic mass is 9.99. The largest absolute Gasteiger partial charge is 0.505 e. The van der Waals surface area contributed by atoms with Gasteiger partial charge in [0.1, 0.15) is 5.76 Å². The minimum atomic E-state index is -1.82. The third kappa shape index (κ3) is 5.47. The zero-order chi connectivity index (χ0) is 24.4. The molecule has 2 atom stereocenters. The Labute approximate surface area is 204 Å². The van der Waals surface area contributed by atoms with Gasteiger partial charge in [-0.05, 0) is 51.5 Å². The molecule has 2 heterocycles. The lowest BCUT2D eigenvalue weighted by molar-refractivity contribution is 0.0824. The van der Waals surface area contributed by atoms with Crippen molar-refractivity contribution in [3.63, 3.8) is 0 Å². The molecule has 11 heteroatoms. The van der Waals surface area contributed by atoms with Crippen LogP contribution in [-0.4, -0.2) is 45.9 Å². The van der Waals surface area contributed by atoms with Crippen LogP contribution in [0, 0.1) is 5.92 Å². The molecule has 0 saturated heterocycles. The van der Waals surface area contributed by atoms with E-state index in [1.807, 2.05) is 19.9 Å². The van der Waals surface area contributed by atoms with E-state index in [1.54, 1.807) is 32.5 Å². The number of nitrogens with zero attached hydrogens (tertiary/aromatic N) is 3. The Balaban J connectivity index is 1.88. The molecular weight excluding hydrogens is 510 g/mol. The fourth-order valence-electron chi connectivity index (χ4n) is 3.21. The number of nitrogens with one attached hydrogen (secondary N) is 2. The number of amides is 1. The van der Waals surface area contributed by atoms with Gasteiger partial charge in [0.2, 0.25) is 0 Å². The maximum Gasteiger partial charge on any atom is 0.269 e. The lowest BCUT2D eigenvalue weighted by Crippen LogP contribution is -2.38. The number of hydrogen-bond donors (Lipinski definition) is 3. The molecular formula is C22H28BrN5O4S. The third-order valence-electron chi connectivity index (χ3n) is 5.14. The van der Waals surface area contributed by atoms with Crippen molar-refractivity contribution in [3.05, 3.63) is 45.8 Å². The maximum absolute atomic E-state index is 12.5. The number of furan rings is 1. The van der Waals surface area contributed by atoms with E-state index in [-0.39, 0.29) is 46.5 Å². The number of rotatable bonds is 6. The van der Waals surface area contributed by atoms with E-state index in [2.05, 4.69) is 49.2 Å². The van der Waals surface area contributed by atoms with Gasteiger partial charge >= 0.3 is 0 Å². The first-order valence-electron chi connectivity index (χ1n) is 10.4. The molecule has 1 amide bonds. The number of benzene rings is 1. The quantitative estimate of drug-likeness (QED) is 0.471. The van der Waals surface area contributed by atoms with E-state index in [4.69, 9.17) is 4.42 Å². The smallest absolute Gasteiger partial charge is 0.269 e. The molecule has 0 radical (unpaired) electrons. The topological polar surface area (TPSA) is 120 Å². The molecule has 0 bridgehead atoms. The van der Waals surface area contributed by atoms with Crippen LogP contribution in [-0.2, 0) is 11.2 Å². The van der Waals surface area contributed by atoms with E-state index in [9.17, 15) is 14.1 Å². The van der Waals surface area contributed by atoms with Gasteiger partial charge in [-0.3, -0.25) is 4.79 Å². The molecule has 1 unspecified atom stereocenters. The average molecular weight is 538 g/mol. The average Bonchev–Trinajstić information content (AvgIpc) is 3.34. The van der Waals surface area contributed by atoms with Gasteiger partial charge in [0.05, 0.1) is 23.6 Å². The first kappa shape index (κ1) is 25.0. The highest BCUT2D eigenvalue weighted by molar-refractivity contribution is 9.10. The van der Waals surface area contributed by atoms with Gasteiger partial charge in [0, 0.05) is 18.6 Å². The van der Waals surface area contributed by atoms with Gasteiger partial charge < -0.3 is 25.1 Å². The van der Waals surface area contributed by atoms with Gasteiger partial charge in [-0.15, -0.1) is 8.80 Å². The molecule has 0 spiro atoms. The van der Waals surface area contributed by atoms with Gasteiger partial charge in [-0.2, -0.15) is 0 Å². The van der Waals surface area contributed by atoms with Crippen molar-refractivity contribution >= 4 is 50.4 Å². The Morgan fingerprint density at radius 2 is 1.85 bits per heavy atom. The maximum atomic E-state index is 12.5. The van der Waals surface area contributed by atoms with Gasteiger partial charge in [0.25, 0.3) is 17.1 Å². The fourth-order valence-corrected chi connectivity index (χ4v) is 4.32. The first-order valence-corrected chi connectivity index (χ1v) is 12.3. The Morgan fingerprint density at radius 3 is 2.42 bits per heavy atom. The van der Waals surface area contributed by atoms with E-state index < -0.39 is 11.2 Å². The predicted molar refractivity (Wildman–Crippen MR) is 134 cm³/mol. The third-order valence-corrected chi connectivity index (χ3v) is 6.47. The number of phenols is 1. The van der Waals surface area contributed by atoms with Gasteiger partial charge in [-0.1, -0.05) is 27.7 Å². The summed E-state index contributed by atoms with van der Waals surface area (Å²) in [6, 6.07) is 4.98. The molecule has 33 heavy (non-hydrogen) atoms. The Morgan fingerprint density at radius 1 is 1.18 bits per heavy atom. The zero-order valence-electron chi connectivity index (χ0n) is 19.3. The first-order chi connectivity index (χ1) is 15.5. The van der Waals surface area contributed by atoms with Crippen molar-refractivity contribution in [2.75, 3.05) is 19.4 Å². The summed E-state index contributed by atoms with van der Waals surface area (Å²) in [4.78, 5) is 13.9. The van der Waals surface area contributed by atoms with Crippen LogP contribution in [0.3, 0.4) is 0 Å². The van der Waals surface area contributed by atoms with E-state index in [1.165, 1.54) is 4.90 Å². The van der Waals surface area contributed by atoms with Crippen molar-refractivity contribution in [1.82, 2.24) is 10.2 Å². The van der Waals surface area contributed by atoms with Crippen LogP contribution in [0.5, 0.6) is 5.75 Å². The minimum Gasteiger partial charge on any atom is -0.505 e. The summed E-state index contributed by atoms with van der Waals surface area (Å²) in [5.41, 5.74) is 1.42. The Kier molecular flexibility index (Phi) is 7.63. The zero-order valence-corrected chi connectivity index (χ0v) is 21.7. The number of halogens is 1. The Bertz CT molecular complexity index is 1140. The normalized spacial score (nSPS) is 16.6. The number of amidine groups is 2. The van der Waals surface area contributed by atoms with Crippen LogP contribution in [0.2, 0.25) is 0 Å². The van der Waals surface area contributed by atoms with Gasteiger partial charge in [-0.25, -0.2) is 4.21 Å². The highest BCUT2D eigenvalue weighted by Gasteiger charge is 2.28. The van der Waals surface area contributed by atoms with Crippen LogP contribution in [0.1, 0.15) is 61.3 Å². The number of carbonyl (C=O) groups is 1. The number of carbonyl (C=O) groups excluding carboxylic acids is 1.